The van der Waals surface area contributed by atoms with Gasteiger partial charge in [-0.3, -0.25) is 15.0 Å². The quantitative estimate of drug-likeness (QED) is 0.371. The third-order valence-corrected chi connectivity index (χ3v) is 7.61. The molecular weight excluding hydrogens is 517 g/mol. The summed E-state index contributed by atoms with van der Waals surface area (Å²) in [4.78, 5) is 24.4. The standard InChI is InChI=1S/C26H27F3N6O4/c1-14(16-5-17(26(27,28)29)7-18(6-16)35(36)37)30-25-21-8-23-24(9-22(21)31-15(2)32-25)39-13-19-10-33(3-4-34(19)23)20-11-38-12-20/h5-9,14,19-20H,3-4,10-13H2,1-2H3,(H,30,31,32)/t14-,19+/m1/s1. The zero-order valence-electron chi connectivity index (χ0n) is 21.4. The number of aromatic nitrogens is 2. The Hall–Kier alpha value is -3.71. The lowest BCUT2D eigenvalue weighted by molar-refractivity contribution is -0.385. The Kier molecular flexibility index (Phi) is 6.22. The maximum atomic E-state index is 13.5. The molecule has 3 aliphatic rings. The molecule has 4 heterocycles. The van der Waals surface area contributed by atoms with Crippen LogP contribution in [0.4, 0.5) is 30.4 Å². The number of nitro groups is 1. The van der Waals surface area contributed by atoms with Gasteiger partial charge in [0.1, 0.15) is 24.0 Å². The van der Waals surface area contributed by atoms with Gasteiger partial charge in [0.15, 0.2) is 0 Å². The van der Waals surface area contributed by atoms with E-state index in [1.54, 1.807) is 13.8 Å². The first-order valence-corrected chi connectivity index (χ1v) is 12.7. The van der Waals surface area contributed by atoms with E-state index in [1.165, 1.54) is 0 Å². The lowest BCUT2D eigenvalue weighted by atomic mass is 10.0. The number of halogens is 3. The molecule has 6 rings (SSSR count). The van der Waals surface area contributed by atoms with Gasteiger partial charge < -0.3 is 19.7 Å². The Morgan fingerprint density at radius 1 is 1.10 bits per heavy atom. The summed E-state index contributed by atoms with van der Waals surface area (Å²) in [5.41, 5.74) is -0.0230. The van der Waals surface area contributed by atoms with Crippen LogP contribution in [-0.2, 0) is 10.9 Å². The number of anilines is 2. The first-order chi connectivity index (χ1) is 18.6. The molecule has 2 atom stereocenters. The molecule has 0 aliphatic carbocycles. The number of hydrogen-bond donors (Lipinski definition) is 1. The van der Waals surface area contributed by atoms with Gasteiger partial charge in [0.25, 0.3) is 5.69 Å². The molecule has 206 valence electrons. The maximum absolute atomic E-state index is 13.5. The normalized spacial score (nSPS) is 20.5. The number of nitrogens with zero attached hydrogens (tertiary/aromatic N) is 5. The second-order valence-corrected chi connectivity index (χ2v) is 10.2. The molecule has 2 saturated heterocycles. The van der Waals surface area contributed by atoms with Crippen LogP contribution in [0, 0.1) is 17.0 Å². The van der Waals surface area contributed by atoms with Crippen LogP contribution in [0.25, 0.3) is 10.9 Å². The third kappa shape index (κ3) is 4.80. The van der Waals surface area contributed by atoms with Crippen LogP contribution in [0.1, 0.15) is 29.9 Å². The van der Waals surface area contributed by atoms with Crippen molar-refractivity contribution in [2.24, 2.45) is 0 Å². The summed E-state index contributed by atoms with van der Waals surface area (Å²) in [5, 5.41) is 15.2. The average molecular weight is 545 g/mol. The molecule has 0 unspecified atom stereocenters. The molecule has 2 fully saturated rings. The van der Waals surface area contributed by atoms with E-state index in [-0.39, 0.29) is 11.6 Å². The minimum Gasteiger partial charge on any atom is -0.489 e. The molecule has 1 aromatic heterocycles. The Morgan fingerprint density at radius 2 is 1.90 bits per heavy atom. The SMILES string of the molecule is Cc1nc(N[C@H](C)c2cc([N+](=O)[O-])cc(C(F)(F)F)c2)c2cc3c(cc2n1)OC[C@@H]1CN(C2COC2)CCN31. The molecule has 0 saturated carbocycles. The second kappa shape index (κ2) is 9.49. The zero-order chi connectivity index (χ0) is 27.5. The average Bonchev–Trinajstić information content (AvgIpc) is 2.85. The summed E-state index contributed by atoms with van der Waals surface area (Å²) in [6.07, 6.45) is -4.72. The molecule has 2 aromatic carbocycles. The molecule has 39 heavy (non-hydrogen) atoms. The van der Waals surface area contributed by atoms with Gasteiger partial charge >= 0.3 is 6.18 Å². The number of non-ortho nitro benzene ring substituents is 1. The first-order valence-electron chi connectivity index (χ1n) is 12.7. The van der Waals surface area contributed by atoms with Crippen molar-refractivity contribution in [1.29, 1.82) is 0 Å². The number of piperazine rings is 1. The molecule has 3 aliphatic heterocycles. The lowest BCUT2D eigenvalue weighted by Crippen LogP contribution is -2.62. The highest BCUT2D eigenvalue weighted by Gasteiger charge is 2.38. The van der Waals surface area contributed by atoms with Crippen LogP contribution in [0.2, 0.25) is 0 Å². The number of hydrogen-bond acceptors (Lipinski definition) is 9. The van der Waals surface area contributed by atoms with Gasteiger partial charge in [0, 0.05) is 43.2 Å². The number of rotatable bonds is 5. The van der Waals surface area contributed by atoms with E-state index < -0.39 is 28.4 Å². The van der Waals surface area contributed by atoms with Gasteiger partial charge in [0.05, 0.1) is 53.0 Å². The van der Waals surface area contributed by atoms with Crippen LogP contribution in [0.3, 0.4) is 0 Å². The number of nitrogens with one attached hydrogen (secondary N) is 1. The number of alkyl halides is 3. The fourth-order valence-corrected chi connectivity index (χ4v) is 5.44. The van der Waals surface area contributed by atoms with Gasteiger partial charge in [-0.1, -0.05) is 0 Å². The summed E-state index contributed by atoms with van der Waals surface area (Å²) in [6, 6.07) is 6.36. The Bertz CT molecular complexity index is 1450. The summed E-state index contributed by atoms with van der Waals surface area (Å²) in [6.45, 7) is 8.04. The Balaban J connectivity index is 1.33. The maximum Gasteiger partial charge on any atom is 0.416 e. The summed E-state index contributed by atoms with van der Waals surface area (Å²) in [5.74, 6) is 1.63. The number of ether oxygens (including phenoxy) is 2. The monoisotopic (exact) mass is 544 g/mol. The van der Waals surface area contributed by atoms with Crippen molar-refractivity contribution in [2.75, 3.05) is 49.7 Å². The van der Waals surface area contributed by atoms with Crippen molar-refractivity contribution in [3.05, 3.63) is 57.4 Å². The van der Waals surface area contributed by atoms with Gasteiger partial charge in [0.2, 0.25) is 0 Å². The topological polar surface area (TPSA) is 106 Å². The minimum atomic E-state index is -4.72. The molecule has 13 heteroatoms. The van der Waals surface area contributed by atoms with Gasteiger partial charge in [-0.2, -0.15) is 13.2 Å². The van der Waals surface area contributed by atoms with E-state index in [0.29, 0.717) is 41.3 Å². The van der Waals surface area contributed by atoms with E-state index in [9.17, 15) is 23.3 Å². The zero-order valence-corrected chi connectivity index (χ0v) is 21.4. The number of nitro benzene ring substituents is 1. The van der Waals surface area contributed by atoms with Crippen molar-refractivity contribution < 1.29 is 27.6 Å². The van der Waals surface area contributed by atoms with Gasteiger partial charge in [-0.05, 0) is 31.5 Å². The van der Waals surface area contributed by atoms with Crippen LogP contribution in [0.15, 0.2) is 30.3 Å². The van der Waals surface area contributed by atoms with Crippen molar-refractivity contribution >= 4 is 28.1 Å². The van der Waals surface area contributed by atoms with Crippen molar-refractivity contribution in [1.82, 2.24) is 14.9 Å². The second-order valence-electron chi connectivity index (χ2n) is 10.2. The predicted octanol–water partition coefficient (Wildman–Crippen LogP) is 4.32. The smallest absolute Gasteiger partial charge is 0.416 e. The molecule has 0 bridgehead atoms. The van der Waals surface area contributed by atoms with Crippen LogP contribution in [-0.4, -0.2) is 71.3 Å². The molecule has 0 radical (unpaired) electrons. The molecular formula is C26H27F3N6O4. The fourth-order valence-electron chi connectivity index (χ4n) is 5.44. The van der Waals surface area contributed by atoms with E-state index in [4.69, 9.17) is 9.47 Å². The van der Waals surface area contributed by atoms with E-state index in [0.717, 1.165) is 56.4 Å². The highest BCUT2D eigenvalue weighted by atomic mass is 19.4. The third-order valence-electron chi connectivity index (χ3n) is 7.61. The number of benzene rings is 2. The molecule has 3 aromatic rings. The van der Waals surface area contributed by atoms with Crippen LogP contribution < -0.4 is 15.0 Å². The largest absolute Gasteiger partial charge is 0.489 e. The van der Waals surface area contributed by atoms with Crippen molar-refractivity contribution in [3.8, 4) is 5.75 Å². The van der Waals surface area contributed by atoms with Gasteiger partial charge in [-0.15, -0.1) is 0 Å². The van der Waals surface area contributed by atoms with Gasteiger partial charge in [-0.25, -0.2) is 9.97 Å². The minimum absolute atomic E-state index is 0.124. The molecule has 10 nitrogen and oxygen atoms in total. The fraction of sp³-hybridized carbons (Fsp3) is 0.462. The highest BCUT2D eigenvalue weighted by molar-refractivity contribution is 5.94. The summed E-state index contributed by atoms with van der Waals surface area (Å²) < 4.78 is 51.9. The lowest BCUT2D eigenvalue weighted by Gasteiger charge is -2.49. The van der Waals surface area contributed by atoms with E-state index >= 15 is 0 Å². The predicted molar refractivity (Wildman–Crippen MR) is 137 cm³/mol. The molecule has 0 spiro atoms. The number of fused-ring (bicyclic) bond motifs is 4. The van der Waals surface area contributed by atoms with E-state index in [1.807, 2.05) is 12.1 Å². The summed E-state index contributed by atoms with van der Waals surface area (Å²) >= 11 is 0. The molecule has 1 N–H and O–H groups in total. The number of aryl methyl sites for hydroxylation is 1. The van der Waals surface area contributed by atoms with Crippen LogP contribution in [0.5, 0.6) is 5.75 Å². The highest BCUT2D eigenvalue weighted by Crippen LogP contribution is 2.41. The summed E-state index contributed by atoms with van der Waals surface area (Å²) in [7, 11) is 0. The Morgan fingerprint density at radius 3 is 2.59 bits per heavy atom. The van der Waals surface area contributed by atoms with E-state index in [2.05, 4.69) is 25.1 Å². The first kappa shape index (κ1) is 25.6. The van der Waals surface area contributed by atoms with Crippen LogP contribution >= 0.6 is 0 Å². The molecule has 0 amide bonds. The van der Waals surface area contributed by atoms with Crippen molar-refractivity contribution in [2.45, 2.75) is 38.1 Å². The Labute approximate surface area is 221 Å². The van der Waals surface area contributed by atoms with Crippen molar-refractivity contribution in [3.63, 3.8) is 0 Å².